The minimum absolute atomic E-state index is 0.132. The van der Waals surface area contributed by atoms with Gasteiger partial charge in [-0.1, -0.05) is 66.7 Å². The second kappa shape index (κ2) is 11.9. The number of piperidine rings is 1. The summed E-state index contributed by atoms with van der Waals surface area (Å²) < 4.78 is 22.2. The van der Waals surface area contributed by atoms with Gasteiger partial charge in [0.2, 0.25) is 5.91 Å². The molecule has 0 unspecified atom stereocenters. The topological polar surface area (TPSA) is 46.5 Å². The number of amides is 1. The third-order valence-electron chi connectivity index (χ3n) is 8.51. The molecule has 40 heavy (non-hydrogen) atoms. The van der Waals surface area contributed by atoms with Crippen LogP contribution < -0.4 is 5.32 Å². The van der Waals surface area contributed by atoms with Gasteiger partial charge >= 0.3 is 0 Å². The molecule has 4 aromatic rings. The highest BCUT2D eigenvalue weighted by Crippen LogP contribution is 2.38. The molecular formula is C34H38FN3O2. The van der Waals surface area contributed by atoms with E-state index in [1.807, 2.05) is 22.9 Å². The van der Waals surface area contributed by atoms with Crippen LogP contribution in [0.5, 0.6) is 0 Å². The van der Waals surface area contributed by atoms with E-state index in [-0.39, 0.29) is 29.6 Å². The quantitative estimate of drug-likeness (QED) is 0.238. The van der Waals surface area contributed by atoms with Gasteiger partial charge < -0.3 is 19.5 Å². The molecule has 1 aromatic heterocycles. The maximum Gasteiger partial charge on any atom is 0.228 e. The predicted molar refractivity (Wildman–Crippen MR) is 158 cm³/mol. The maximum absolute atomic E-state index is 15.0. The number of nitrogens with one attached hydrogen (secondary N) is 1. The molecule has 6 heteroatoms. The Balaban J connectivity index is 1.28. The number of para-hydroxylation sites is 1. The van der Waals surface area contributed by atoms with Gasteiger partial charge in [0.05, 0.1) is 11.4 Å². The lowest BCUT2D eigenvalue weighted by molar-refractivity contribution is -0.138. The number of benzene rings is 3. The van der Waals surface area contributed by atoms with Crippen molar-refractivity contribution in [1.82, 2.24) is 14.8 Å². The molecule has 208 valence electrons. The molecule has 0 spiro atoms. The molecular weight excluding hydrogens is 501 g/mol. The summed E-state index contributed by atoms with van der Waals surface area (Å²) in [5.41, 5.74) is 5.24. The summed E-state index contributed by atoms with van der Waals surface area (Å²) in [5.74, 6) is 0.0143. The highest BCUT2D eigenvalue weighted by Gasteiger charge is 2.40. The fraction of sp³-hybridized carbons (Fsp3) is 0.382. The molecule has 2 fully saturated rings. The van der Waals surface area contributed by atoms with E-state index >= 15 is 0 Å². The number of aryl methyl sites for hydroxylation is 1. The summed E-state index contributed by atoms with van der Waals surface area (Å²) in [5, 5.41) is 4.39. The van der Waals surface area contributed by atoms with Crippen LogP contribution in [0.15, 0.2) is 79.0 Å². The number of ether oxygens (including phenoxy) is 1. The molecule has 5 nitrogen and oxygen atoms in total. The van der Waals surface area contributed by atoms with Crippen molar-refractivity contribution < 1.29 is 13.9 Å². The van der Waals surface area contributed by atoms with Gasteiger partial charge in [0.1, 0.15) is 5.82 Å². The summed E-state index contributed by atoms with van der Waals surface area (Å²) in [6.45, 7) is 3.39. The van der Waals surface area contributed by atoms with Crippen molar-refractivity contribution in [2.24, 2.45) is 5.92 Å². The Kier molecular flexibility index (Phi) is 7.98. The fourth-order valence-electron chi connectivity index (χ4n) is 6.34. The molecule has 0 bridgehead atoms. The van der Waals surface area contributed by atoms with Crippen molar-refractivity contribution >= 4 is 16.8 Å². The standard InChI is InChI=1S/C34H38FN3O2/c1-40-19-7-18-37-22-27(30-12-6-13-32(35)33(30)37)23-38(28-14-15-28)34(39)31-21-36-17-16-29(31)26-11-5-10-25(20-26)24-8-3-2-4-9-24/h2-6,8-13,20,22,28-29,31,36H,7,14-19,21,23H2,1H3/t29-,31+/m1/s1. The highest BCUT2D eigenvalue weighted by atomic mass is 19.1. The zero-order chi connectivity index (χ0) is 27.5. The Labute approximate surface area is 235 Å². The number of carbonyl (C=O) groups is 1. The lowest BCUT2D eigenvalue weighted by Gasteiger charge is -2.36. The van der Waals surface area contributed by atoms with Crippen LogP contribution in [-0.4, -0.2) is 48.2 Å². The third kappa shape index (κ3) is 5.56. The van der Waals surface area contributed by atoms with Gasteiger partial charge in [-0.2, -0.15) is 0 Å². The number of aromatic nitrogens is 1. The van der Waals surface area contributed by atoms with E-state index in [0.29, 0.717) is 31.8 Å². The largest absolute Gasteiger partial charge is 0.385 e. The average Bonchev–Trinajstić information content (AvgIpc) is 3.78. The molecule has 1 aliphatic carbocycles. The molecule has 1 saturated carbocycles. The maximum atomic E-state index is 15.0. The minimum Gasteiger partial charge on any atom is -0.385 e. The summed E-state index contributed by atoms with van der Waals surface area (Å²) in [6.07, 6.45) is 5.84. The number of rotatable bonds is 10. The first-order chi connectivity index (χ1) is 19.6. The number of nitrogens with zero attached hydrogens (tertiary/aromatic N) is 2. The third-order valence-corrected chi connectivity index (χ3v) is 8.51. The molecule has 1 saturated heterocycles. The monoisotopic (exact) mass is 539 g/mol. The van der Waals surface area contributed by atoms with E-state index < -0.39 is 0 Å². The van der Waals surface area contributed by atoms with Gasteiger partial charge in [-0.05, 0) is 66.5 Å². The number of hydrogen-bond donors (Lipinski definition) is 1. The zero-order valence-electron chi connectivity index (χ0n) is 23.2. The first-order valence-corrected chi connectivity index (χ1v) is 14.6. The molecule has 1 amide bonds. The van der Waals surface area contributed by atoms with E-state index in [9.17, 15) is 9.18 Å². The molecule has 2 aliphatic rings. The van der Waals surface area contributed by atoms with Gasteiger partial charge in [0.25, 0.3) is 0 Å². The first-order valence-electron chi connectivity index (χ1n) is 14.6. The Bertz CT molecular complexity index is 1460. The number of carbonyl (C=O) groups excluding carboxylic acids is 1. The highest BCUT2D eigenvalue weighted by molar-refractivity contribution is 5.86. The minimum atomic E-state index is -0.222. The van der Waals surface area contributed by atoms with Crippen molar-refractivity contribution in [3.8, 4) is 11.1 Å². The number of methoxy groups -OCH3 is 1. The SMILES string of the molecule is COCCCn1cc(CN(C(=O)[C@H]2CNCC[C@@H]2c2cccc(-c3ccccc3)c2)C2CC2)c2cccc(F)c21. The van der Waals surface area contributed by atoms with Crippen LogP contribution in [0.2, 0.25) is 0 Å². The van der Waals surface area contributed by atoms with Crippen molar-refractivity contribution in [3.05, 3.63) is 95.9 Å². The first kappa shape index (κ1) is 26.7. The molecule has 0 radical (unpaired) electrons. The summed E-state index contributed by atoms with van der Waals surface area (Å²) >= 11 is 0. The average molecular weight is 540 g/mol. The Morgan fingerprint density at radius 3 is 2.62 bits per heavy atom. The van der Waals surface area contributed by atoms with Crippen LogP contribution in [0.25, 0.3) is 22.0 Å². The zero-order valence-corrected chi connectivity index (χ0v) is 23.2. The van der Waals surface area contributed by atoms with Crippen LogP contribution >= 0.6 is 0 Å². The van der Waals surface area contributed by atoms with Crippen molar-refractivity contribution in [2.75, 3.05) is 26.8 Å². The number of halogens is 1. The van der Waals surface area contributed by atoms with E-state index in [2.05, 4.69) is 58.7 Å². The molecule has 2 atom stereocenters. The van der Waals surface area contributed by atoms with Crippen LogP contribution in [0, 0.1) is 11.7 Å². The van der Waals surface area contributed by atoms with Gasteiger partial charge in [-0.3, -0.25) is 4.79 Å². The van der Waals surface area contributed by atoms with E-state index in [0.717, 1.165) is 43.2 Å². The van der Waals surface area contributed by atoms with E-state index in [1.54, 1.807) is 13.2 Å². The Morgan fingerprint density at radius 1 is 1.02 bits per heavy atom. The second-order valence-corrected chi connectivity index (χ2v) is 11.2. The van der Waals surface area contributed by atoms with Gasteiger partial charge in [0.15, 0.2) is 0 Å². The number of fused-ring (bicyclic) bond motifs is 1. The number of hydrogen-bond acceptors (Lipinski definition) is 3. The molecule has 6 rings (SSSR count). The fourth-order valence-corrected chi connectivity index (χ4v) is 6.34. The Hall–Kier alpha value is -3.48. The van der Waals surface area contributed by atoms with Crippen LogP contribution in [0.3, 0.4) is 0 Å². The lowest BCUT2D eigenvalue weighted by Crippen LogP contribution is -2.47. The second-order valence-electron chi connectivity index (χ2n) is 11.2. The smallest absolute Gasteiger partial charge is 0.228 e. The molecule has 1 N–H and O–H groups in total. The lowest BCUT2D eigenvalue weighted by atomic mass is 9.79. The molecule has 3 aromatic carbocycles. The Morgan fingerprint density at radius 2 is 1.82 bits per heavy atom. The van der Waals surface area contributed by atoms with Crippen LogP contribution in [0.1, 0.15) is 42.7 Å². The van der Waals surface area contributed by atoms with Gasteiger partial charge in [0, 0.05) is 51.0 Å². The summed E-state index contributed by atoms with van der Waals surface area (Å²) in [4.78, 5) is 16.4. The van der Waals surface area contributed by atoms with Crippen molar-refractivity contribution in [1.29, 1.82) is 0 Å². The van der Waals surface area contributed by atoms with Gasteiger partial charge in [-0.15, -0.1) is 0 Å². The summed E-state index contributed by atoms with van der Waals surface area (Å²) in [7, 11) is 1.68. The van der Waals surface area contributed by atoms with Crippen LogP contribution in [0.4, 0.5) is 4.39 Å². The predicted octanol–water partition coefficient (Wildman–Crippen LogP) is 6.37. The van der Waals surface area contributed by atoms with E-state index in [1.165, 1.54) is 22.8 Å². The molecule has 2 heterocycles. The normalized spacial score (nSPS) is 19.1. The molecule has 1 aliphatic heterocycles. The van der Waals surface area contributed by atoms with Crippen molar-refractivity contribution in [2.45, 2.75) is 50.7 Å². The van der Waals surface area contributed by atoms with Gasteiger partial charge in [-0.25, -0.2) is 4.39 Å². The summed E-state index contributed by atoms with van der Waals surface area (Å²) in [6, 6.07) is 24.7. The van der Waals surface area contributed by atoms with Crippen molar-refractivity contribution in [3.63, 3.8) is 0 Å². The van der Waals surface area contributed by atoms with E-state index in [4.69, 9.17) is 4.74 Å². The van der Waals surface area contributed by atoms with Crippen LogP contribution in [-0.2, 0) is 22.6 Å².